The van der Waals surface area contributed by atoms with Crippen molar-refractivity contribution in [2.24, 2.45) is 0 Å². The SMILES string of the molecule is C=Cc1ccc2ncc(-c3cnc(N4CCNCC4)nc3)n2n1. The van der Waals surface area contributed by atoms with Gasteiger partial charge in [0.05, 0.1) is 17.6 Å². The van der Waals surface area contributed by atoms with Crippen LogP contribution in [-0.2, 0) is 0 Å². The van der Waals surface area contributed by atoms with E-state index in [1.54, 1.807) is 16.8 Å². The molecule has 7 nitrogen and oxygen atoms in total. The molecule has 0 atom stereocenters. The van der Waals surface area contributed by atoms with Crippen LogP contribution in [0.5, 0.6) is 0 Å². The van der Waals surface area contributed by atoms with Gasteiger partial charge in [0, 0.05) is 44.1 Å². The van der Waals surface area contributed by atoms with Crippen LogP contribution in [0.15, 0.2) is 37.3 Å². The molecule has 0 amide bonds. The quantitative estimate of drug-likeness (QED) is 0.785. The van der Waals surface area contributed by atoms with Gasteiger partial charge in [0.1, 0.15) is 0 Å². The molecule has 0 bridgehead atoms. The van der Waals surface area contributed by atoms with Gasteiger partial charge in [-0.05, 0) is 18.2 Å². The minimum absolute atomic E-state index is 0.767. The molecule has 1 saturated heterocycles. The van der Waals surface area contributed by atoms with E-state index in [-0.39, 0.29) is 0 Å². The van der Waals surface area contributed by atoms with E-state index in [2.05, 4.69) is 36.8 Å². The summed E-state index contributed by atoms with van der Waals surface area (Å²) in [5.74, 6) is 0.767. The first kappa shape index (κ1) is 13.8. The standard InChI is InChI=1S/C16H17N7/c1-2-13-3-4-15-18-11-14(23(15)21-13)12-9-19-16(20-10-12)22-7-5-17-6-8-22/h2-4,9-11,17H,1,5-8H2. The predicted molar refractivity (Wildman–Crippen MR) is 89.2 cm³/mol. The molecule has 23 heavy (non-hydrogen) atoms. The summed E-state index contributed by atoms with van der Waals surface area (Å²) < 4.78 is 1.79. The molecule has 0 saturated carbocycles. The van der Waals surface area contributed by atoms with Crippen molar-refractivity contribution < 1.29 is 0 Å². The maximum Gasteiger partial charge on any atom is 0.225 e. The second-order valence-electron chi connectivity index (χ2n) is 5.38. The molecule has 0 unspecified atom stereocenters. The van der Waals surface area contributed by atoms with Crippen molar-refractivity contribution in [1.29, 1.82) is 0 Å². The number of piperazine rings is 1. The average Bonchev–Trinajstić information content (AvgIpc) is 3.05. The third-order valence-electron chi connectivity index (χ3n) is 3.93. The van der Waals surface area contributed by atoms with E-state index in [1.807, 2.05) is 24.5 Å². The number of nitrogens with one attached hydrogen (secondary N) is 1. The van der Waals surface area contributed by atoms with Gasteiger partial charge in [0.2, 0.25) is 5.95 Å². The maximum absolute atomic E-state index is 4.51. The summed E-state index contributed by atoms with van der Waals surface area (Å²) in [7, 11) is 0. The second kappa shape index (κ2) is 5.77. The van der Waals surface area contributed by atoms with Gasteiger partial charge in [-0.2, -0.15) is 5.10 Å². The Morgan fingerprint density at radius 2 is 1.83 bits per heavy atom. The Morgan fingerprint density at radius 1 is 1.04 bits per heavy atom. The Bertz CT molecular complexity index is 831. The van der Waals surface area contributed by atoms with Crippen LogP contribution in [0.2, 0.25) is 0 Å². The summed E-state index contributed by atoms with van der Waals surface area (Å²) in [6.45, 7) is 7.55. The van der Waals surface area contributed by atoms with Crippen LogP contribution in [0, 0.1) is 0 Å². The normalized spacial score (nSPS) is 15.0. The highest BCUT2D eigenvalue weighted by molar-refractivity contribution is 5.62. The molecular weight excluding hydrogens is 290 g/mol. The van der Waals surface area contributed by atoms with Crippen molar-refractivity contribution in [3.63, 3.8) is 0 Å². The topological polar surface area (TPSA) is 71.2 Å². The van der Waals surface area contributed by atoms with Crippen molar-refractivity contribution in [3.05, 3.63) is 43.0 Å². The van der Waals surface area contributed by atoms with Crippen molar-refractivity contribution in [3.8, 4) is 11.3 Å². The van der Waals surface area contributed by atoms with E-state index in [9.17, 15) is 0 Å². The Morgan fingerprint density at radius 3 is 2.57 bits per heavy atom. The Balaban J connectivity index is 1.69. The largest absolute Gasteiger partial charge is 0.338 e. The summed E-state index contributed by atoms with van der Waals surface area (Å²) in [5.41, 5.74) is 3.35. The molecule has 1 aliphatic heterocycles. The third kappa shape index (κ3) is 2.55. The number of hydrogen-bond donors (Lipinski definition) is 1. The van der Waals surface area contributed by atoms with Crippen LogP contribution >= 0.6 is 0 Å². The van der Waals surface area contributed by atoms with E-state index in [1.165, 1.54) is 0 Å². The second-order valence-corrected chi connectivity index (χ2v) is 5.38. The molecule has 1 aliphatic rings. The highest BCUT2D eigenvalue weighted by atomic mass is 15.3. The molecule has 4 rings (SSSR count). The molecule has 3 aromatic rings. The van der Waals surface area contributed by atoms with Gasteiger partial charge >= 0.3 is 0 Å². The zero-order valence-electron chi connectivity index (χ0n) is 12.7. The summed E-state index contributed by atoms with van der Waals surface area (Å²) in [6.07, 6.45) is 7.16. The molecule has 1 fully saturated rings. The molecule has 7 heteroatoms. The monoisotopic (exact) mass is 307 g/mol. The summed E-state index contributed by atoms with van der Waals surface area (Å²) >= 11 is 0. The molecule has 4 heterocycles. The van der Waals surface area contributed by atoms with E-state index >= 15 is 0 Å². The van der Waals surface area contributed by atoms with Crippen LogP contribution in [-0.4, -0.2) is 50.7 Å². The fourth-order valence-electron chi connectivity index (χ4n) is 2.67. The Kier molecular flexibility index (Phi) is 3.47. The van der Waals surface area contributed by atoms with Crippen molar-refractivity contribution in [1.82, 2.24) is 29.9 Å². The minimum atomic E-state index is 0.767. The first-order valence-electron chi connectivity index (χ1n) is 7.60. The van der Waals surface area contributed by atoms with Crippen LogP contribution in [0.4, 0.5) is 5.95 Å². The highest BCUT2D eigenvalue weighted by Gasteiger charge is 2.14. The number of anilines is 1. The van der Waals surface area contributed by atoms with Gasteiger partial charge in [0.15, 0.2) is 5.65 Å². The van der Waals surface area contributed by atoms with E-state index < -0.39 is 0 Å². The van der Waals surface area contributed by atoms with E-state index in [4.69, 9.17) is 0 Å². The number of aromatic nitrogens is 5. The zero-order valence-corrected chi connectivity index (χ0v) is 12.7. The zero-order chi connectivity index (χ0) is 15.6. The molecule has 0 aromatic carbocycles. The first-order valence-corrected chi connectivity index (χ1v) is 7.60. The predicted octanol–water partition coefficient (Wildman–Crippen LogP) is 1.24. The molecule has 1 N–H and O–H groups in total. The molecule has 116 valence electrons. The fraction of sp³-hybridized carbons (Fsp3) is 0.250. The van der Waals surface area contributed by atoms with Crippen LogP contribution in [0.3, 0.4) is 0 Å². The van der Waals surface area contributed by atoms with Crippen LogP contribution < -0.4 is 10.2 Å². The van der Waals surface area contributed by atoms with Crippen molar-refractivity contribution >= 4 is 17.7 Å². The highest BCUT2D eigenvalue weighted by Crippen LogP contribution is 2.20. The lowest BCUT2D eigenvalue weighted by Crippen LogP contribution is -2.44. The third-order valence-corrected chi connectivity index (χ3v) is 3.93. The van der Waals surface area contributed by atoms with Gasteiger partial charge in [-0.3, -0.25) is 0 Å². The van der Waals surface area contributed by atoms with E-state index in [0.29, 0.717) is 0 Å². The lowest BCUT2D eigenvalue weighted by atomic mass is 10.2. The van der Waals surface area contributed by atoms with Gasteiger partial charge < -0.3 is 10.2 Å². The fourth-order valence-corrected chi connectivity index (χ4v) is 2.67. The number of imidazole rings is 1. The number of rotatable bonds is 3. The summed E-state index contributed by atoms with van der Waals surface area (Å²) in [4.78, 5) is 15.6. The number of fused-ring (bicyclic) bond motifs is 1. The van der Waals surface area contributed by atoms with Crippen LogP contribution in [0.25, 0.3) is 23.0 Å². The van der Waals surface area contributed by atoms with Crippen LogP contribution in [0.1, 0.15) is 5.69 Å². The van der Waals surface area contributed by atoms with Crippen molar-refractivity contribution in [2.75, 3.05) is 31.1 Å². The first-order chi connectivity index (χ1) is 11.3. The lowest BCUT2D eigenvalue weighted by molar-refractivity contribution is 0.580. The minimum Gasteiger partial charge on any atom is -0.338 e. The Hall–Kier alpha value is -2.80. The number of nitrogens with zero attached hydrogens (tertiary/aromatic N) is 6. The molecule has 0 spiro atoms. The average molecular weight is 307 g/mol. The smallest absolute Gasteiger partial charge is 0.225 e. The van der Waals surface area contributed by atoms with Gasteiger partial charge in [-0.25, -0.2) is 19.5 Å². The lowest BCUT2D eigenvalue weighted by Gasteiger charge is -2.27. The van der Waals surface area contributed by atoms with Gasteiger partial charge in [-0.15, -0.1) is 0 Å². The molecular formula is C16H17N7. The molecule has 3 aromatic heterocycles. The van der Waals surface area contributed by atoms with Crippen molar-refractivity contribution in [2.45, 2.75) is 0 Å². The van der Waals surface area contributed by atoms with Gasteiger partial charge in [0.25, 0.3) is 0 Å². The number of hydrogen-bond acceptors (Lipinski definition) is 6. The maximum atomic E-state index is 4.51. The molecule has 0 radical (unpaired) electrons. The summed E-state index contributed by atoms with van der Waals surface area (Å²) in [6, 6.07) is 3.81. The summed E-state index contributed by atoms with van der Waals surface area (Å²) in [5, 5.41) is 7.83. The van der Waals surface area contributed by atoms with Gasteiger partial charge in [-0.1, -0.05) is 6.58 Å². The Labute approximate surface area is 133 Å². The molecule has 0 aliphatic carbocycles. The van der Waals surface area contributed by atoms with E-state index in [0.717, 1.165) is 54.7 Å².